The molecule has 296 valence electrons. The molecule has 0 unspecified atom stereocenters. The van der Waals surface area contributed by atoms with Crippen LogP contribution in [0.25, 0.3) is 0 Å². The van der Waals surface area contributed by atoms with Gasteiger partial charge in [0.1, 0.15) is 18.0 Å². The number of para-hydroxylation sites is 2. The van der Waals surface area contributed by atoms with E-state index in [2.05, 4.69) is 64.3 Å². The van der Waals surface area contributed by atoms with Gasteiger partial charge in [0.15, 0.2) is 11.8 Å². The molecule has 3 aromatic carbocycles. The second-order valence-corrected chi connectivity index (χ2v) is 16.6. The number of ether oxygens (including phenoxy) is 2. The molecule has 2 N–H and O–H groups in total. The number of Topliss-reactive ketones (excluding diaryl/α,β-unsaturated/α-hetero) is 1. The van der Waals surface area contributed by atoms with E-state index in [1.165, 1.54) is 29.7 Å². The zero-order valence-electron chi connectivity index (χ0n) is 33.7. The molecule has 0 aromatic heterocycles. The first kappa shape index (κ1) is 42.8. The normalized spacial score (nSPS) is 14.2. The molecule has 0 spiro atoms. The summed E-state index contributed by atoms with van der Waals surface area (Å²) in [4.78, 5) is 69.7. The Morgan fingerprint density at radius 2 is 1.53 bits per heavy atom. The van der Waals surface area contributed by atoms with Crippen LogP contribution in [0.1, 0.15) is 99.1 Å². The van der Waals surface area contributed by atoms with Crippen molar-refractivity contribution in [2.75, 3.05) is 35.8 Å². The Bertz CT molecular complexity index is 1930. The van der Waals surface area contributed by atoms with Crippen molar-refractivity contribution < 1.29 is 33.4 Å². The molecule has 0 aliphatic carbocycles. The van der Waals surface area contributed by atoms with Crippen molar-refractivity contribution >= 4 is 58.2 Å². The first-order valence-corrected chi connectivity index (χ1v) is 19.1. The third-order valence-electron chi connectivity index (χ3n) is 10.4. The highest BCUT2D eigenvalue weighted by Gasteiger charge is 2.50. The summed E-state index contributed by atoms with van der Waals surface area (Å²) in [6.45, 7) is 18.0. The number of amides is 5. The van der Waals surface area contributed by atoms with Crippen molar-refractivity contribution in [3.05, 3.63) is 76.8 Å². The summed E-state index contributed by atoms with van der Waals surface area (Å²) >= 11 is 6.46. The number of hydrogen-bond donors (Lipinski definition) is 2. The topological polar surface area (TPSA) is 134 Å². The number of hydrogen-bond acceptors (Lipinski definition) is 7. The molecule has 0 bridgehead atoms. The lowest BCUT2D eigenvalue weighted by molar-refractivity contribution is -0.143. The van der Waals surface area contributed by atoms with E-state index in [4.69, 9.17) is 21.1 Å². The van der Waals surface area contributed by atoms with Gasteiger partial charge in [0, 0.05) is 23.1 Å². The maximum absolute atomic E-state index is 13.9. The molecule has 5 amide bonds. The van der Waals surface area contributed by atoms with E-state index < -0.39 is 41.6 Å². The number of anilines is 3. The monoisotopic (exact) mass is 774 g/mol. The summed E-state index contributed by atoms with van der Waals surface area (Å²) in [6, 6.07) is 15.0. The number of urea groups is 1. The first-order chi connectivity index (χ1) is 25.7. The van der Waals surface area contributed by atoms with E-state index in [-0.39, 0.29) is 33.9 Å². The quantitative estimate of drug-likeness (QED) is 0.0843. The molecule has 0 radical (unpaired) electrons. The van der Waals surface area contributed by atoms with Crippen LogP contribution < -0.4 is 25.0 Å². The van der Waals surface area contributed by atoms with E-state index in [1.807, 2.05) is 6.07 Å². The number of nitrogens with one attached hydrogen (secondary N) is 2. The van der Waals surface area contributed by atoms with Gasteiger partial charge in [0.05, 0.1) is 30.1 Å². The van der Waals surface area contributed by atoms with Gasteiger partial charge in [-0.05, 0) is 72.1 Å². The van der Waals surface area contributed by atoms with Gasteiger partial charge in [-0.2, -0.15) is 0 Å². The number of benzene rings is 3. The third-order valence-corrected chi connectivity index (χ3v) is 10.8. The van der Waals surface area contributed by atoms with Crippen LogP contribution in [0.2, 0.25) is 5.02 Å². The Hall–Kier alpha value is -4.90. The van der Waals surface area contributed by atoms with Gasteiger partial charge in [0.2, 0.25) is 5.91 Å². The molecule has 0 saturated carbocycles. The molecular weight excluding hydrogens is 720 g/mol. The minimum Gasteiger partial charge on any atom is -0.495 e. The predicted octanol–water partition coefficient (Wildman–Crippen LogP) is 8.91. The second-order valence-electron chi connectivity index (χ2n) is 16.2. The molecule has 11 nitrogen and oxygen atoms in total. The van der Waals surface area contributed by atoms with Crippen LogP contribution in [0, 0.1) is 5.41 Å². The van der Waals surface area contributed by atoms with Crippen molar-refractivity contribution in [2.45, 2.75) is 105 Å². The average molecular weight is 775 g/mol. The molecule has 1 fully saturated rings. The van der Waals surface area contributed by atoms with Crippen molar-refractivity contribution in [3.63, 3.8) is 0 Å². The Labute approximate surface area is 330 Å². The molecule has 12 heteroatoms. The van der Waals surface area contributed by atoms with E-state index in [0.717, 1.165) is 24.2 Å². The molecular formula is C43H55ClN4O7. The number of imide groups is 1. The Balaban J connectivity index is 1.45. The van der Waals surface area contributed by atoms with Crippen LogP contribution in [0.15, 0.2) is 60.7 Å². The third kappa shape index (κ3) is 9.86. The largest absolute Gasteiger partial charge is 0.495 e. The van der Waals surface area contributed by atoms with Crippen molar-refractivity contribution in [3.8, 4) is 11.5 Å². The number of carbonyl (C=O) groups is 5. The molecule has 1 heterocycles. The number of methoxy groups -OCH3 is 1. The molecule has 1 aliphatic rings. The summed E-state index contributed by atoms with van der Waals surface area (Å²) < 4.78 is 11.6. The summed E-state index contributed by atoms with van der Waals surface area (Å²) in [5, 5.41) is 5.58. The predicted molar refractivity (Wildman–Crippen MR) is 217 cm³/mol. The fourth-order valence-electron chi connectivity index (χ4n) is 6.11. The van der Waals surface area contributed by atoms with Gasteiger partial charge in [-0.25, -0.2) is 9.69 Å². The van der Waals surface area contributed by atoms with Gasteiger partial charge in [0.25, 0.3) is 11.8 Å². The van der Waals surface area contributed by atoms with Crippen LogP contribution in [-0.2, 0) is 30.0 Å². The fraction of sp³-hybridized carbons (Fsp3) is 0.465. The molecule has 3 aromatic rings. The van der Waals surface area contributed by atoms with Crippen molar-refractivity contribution in [2.24, 2.45) is 5.41 Å². The van der Waals surface area contributed by atoms with Crippen LogP contribution in [-0.4, -0.2) is 60.7 Å². The summed E-state index contributed by atoms with van der Waals surface area (Å²) in [5.74, 6) is -1.42. The van der Waals surface area contributed by atoms with Gasteiger partial charge >= 0.3 is 6.03 Å². The Kier molecular flexibility index (Phi) is 13.5. The number of rotatable bonds is 16. The minimum atomic E-state index is -1.80. The highest BCUT2D eigenvalue weighted by atomic mass is 35.5. The number of ketones is 1. The average Bonchev–Trinajstić information content (AvgIpc) is 3.43. The maximum atomic E-state index is 13.9. The maximum Gasteiger partial charge on any atom is 0.332 e. The molecule has 4 rings (SSSR count). The second kappa shape index (κ2) is 17.3. The van der Waals surface area contributed by atoms with Crippen LogP contribution in [0.4, 0.5) is 21.9 Å². The lowest BCUT2D eigenvalue weighted by Crippen LogP contribution is -2.55. The highest BCUT2D eigenvalue weighted by Crippen LogP contribution is 2.39. The minimum absolute atomic E-state index is 0.0383. The van der Waals surface area contributed by atoms with E-state index in [1.54, 1.807) is 51.1 Å². The van der Waals surface area contributed by atoms with Crippen LogP contribution >= 0.6 is 11.6 Å². The fourth-order valence-corrected chi connectivity index (χ4v) is 6.28. The van der Waals surface area contributed by atoms with E-state index in [9.17, 15) is 24.0 Å². The number of halogens is 1. The number of carbonyl (C=O) groups excluding carboxylic acids is 5. The first-order valence-electron chi connectivity index (χ1n) is 18.7. The van der Waals surface area contributed by atoms with Gasteiger partial charge < -0.3 is 20.1 Å². The van der Waals surface area contributed by atoms with Gasteiger partial charge in [-0.3, -0.25) is 24.1 Å². The Morgan fingerprint density at radius 1 is 0.855 bits per heavy atom. The molecule has 1 saturated heterocycles. The SMILES string of the molecule is CCC(C)(C)c1ccc(OCCCC(=O)Nc2ccc(Cl)c(NC(=O)[C@@H](C(=O)C(C)(C)C)N3C(=O)CN(c4ccccc4OC)C3=O)c2)c(C(C)(C)CC)c1. The van der Waals surface area contributed by atoms with Crippen molar-refractivity contribution in [1.82, 2.24) is 4.90 Å². The van der Waals surface area contributed by atoms with E-state index >= 15 is 0 Å². The van der Waals surface area contributed by atoms with Gasteiger partial charge in [-0.1, -0.05) is 98.2 Å². The van der Waals surface area contributed by atoms with Crippen LogP contribution in [0.5, 0.6) is 11.5 Å². The number of nitrogens with zero attached hydrogens (tertiary/aromatic N) is 2. The van der Waals surface area contributed by atoms with E-state index in [0.29, 0.717) is 35.1 Å². The summed E-state index contributed by atoms with van der Waals surface area (Å²) in [6.07, 6.45) is 2.58. The summed E-state index contributed by atoms with van der Waals surface area (Å²) in [5.41, 5.74) is 2.01. The highest BCUT2D eigenvalue weighted by molar-refractivity contribution is 6.34. The Morgan fingerprint density at radius 3 is 2.16 bits per heavy atom. The standard InChI is InChI=1S/C43H55ClN4O7/c1-11-42(6,7)27-19-22-33(29(24-27)43(8,9)12-2)55-23-15-18-35(49)45-28-20-21-30(44)31(25-28)46-39(52)37(38(51)41(3,4)5)48-36(50)26-47(40(48)53)32-16-13-14-17-34(32)54-10/h13-14,16-17,19-22,24-25,37H,11-12,15,18,23,26H2,1-10H3,(H,45,49)(H,46,52)/t37-/m1/s1. The molecule has 1 aliphatic heterocycles. The summed E-state index contributed by atoms with van der Waals surface area (Å²) in [7, 11) is 1.44. The zero-order chi connectivity index (χ0) is 40.9. The zero-order valence-corrected chi connectivity index (χ0v) is 34.5. The lowest BCUT2D eigenvalue weighted by atomic mass is 9.76. The molecule has 1 atom stereocenters. The van der Waals surface area contributed by atoms with Gasteiger partial charge in [-0.15, -0.1) is 0 Å². The van der Waals surface area contributed by atoms with Crippen LogP contribution in [0.3, 0.4) is 0 Å². The smallest absolute Gasteiger partial charge is 0.332 e. The van der Waals surface area contributed by atoms with Crippen molar-refractivity contribution in [1.29, 1.82) is 0 Å². The molecule has 55 heavy (non-hydrogen) atoms. The lowest BCUT2D eigenvalue weighted by Gasteiger charge is -2.30.